The molecule has 1 heterocycles. The summed E-state index contributed by atoms with van der Waals surface area (Å²) in [6.07, 6.45) is 2.76. The minimum absolute atomic E-state index is 0.532. The SMILES string of the molecule is [C-]#[N+]CCc1c[nH]c2ccc(OC)cc12. The van der Waals surface area contributed by atoms with Gasteiger partial charge < -0.3 is 14.6 Å². The van der Waals surface area contributed by atoms with Crippen molar-refractivity contribution < 1.29 is 4.74 Å². The zero-order valence-corrected chi connectivity index (χ0v) is 8.58. The number of methoxy groups -OCH3 is 1. The number of ether oxygens (including phenoxy) is 1. The van der Waals surface area contributed by atoms with Crippen LogP contribution in [0.2, 0.25) is 0 Å². The number of nitrogens with one attached hydrogen (secondary N) is 1. The molecule has 2 rings (SSSR count). The lowest BCUT2D eigenvalue weighted by atomic mass is 10.1. The Bertz CT molecular complexity index is 508. The van der Waals surface area contributed by atoms with E-state index in [0.29, 0.717) is 6.54 Å². The van der Waals surface area contributed by atoms with Crippen LogP contribution in [0.15, 0.2) is 24.4 Å². The fourth-order valence-corrected chi connectivity index (χ4v) is 1.67. The Morgan fingerprint density at radius 1 is 1.47 bits per heavy atom. The van der Waals surface area contributed by atoms with Gasteiger partial charge in [-0.05, 0) is 23.8 Å². The Morgan fingerprint density at radius 2 is 2.33 bits per heavy atom. The fraction of sp³-hybridized carbons (Fsp3) is 0.250. The molecule has 0 bridgehead atoms. The van der Waals surface area contributed by atoms with Crippen LogP contribution in [-0.2, 0) is 6.42 Å². The average molecular weight is 200 g/mol. The van der Waals surface area contributed by atoms with Crippen molar-refractivity contribution >= 4 is 10.9 Å². The highest BCUT2D eigenvalue weighted by molar-refractivity contribution is 5.84. The zero-order valence-electron chi connectivity index (χ0n) is 8.58. The van der Waals surface area contributed by atoms with Crippen LogP contribution in [0.5, 0.6) is 5.75 Å². The van der Waals surface area contributed by atoms with Crippen molar-refractivity contribution in [3.05, 3.63) is 41.4 Å². The molecule has 0 fully saturated rings. The number of fused-ring (bicyclic) bond motifs is 1. The molecule has 15 heavy (non-hydrogen) atoms. The van der Waals surface area contributed by atoms with Gasteiger partial charge in [-0.2, -0.15) is 0 Å². The smallest absolute Gasteiger partial charge is 0.218 e. The van der Waals surface area contributed by atoms with E-state index in [1.54, 1.807) is 7.11 Å². The largest absolute Gasteiger partial charge is 0.497 e. The molecular weight excluding hydrogens is 188 g/mol. The first-order valence-corrected chi connectivity index (χ1v) is 4.82. The second kappa shape index (κ2) is 4.05. The maximum Gasteiger partial charge on any atom is 0.218 e. The third kappa shape index (κ3) is 1.79. The number of hydrogen-bond acceptors (Lipinski definition) is 1. The van der Waals surface area contributed by atoms with Gasteiger partial charge in [-0.25, -0.2) is 6.57 Å². The van der Waals surface area contributed by atoms with Crippen LogP contribution in [-0.4, -0.2) is 18.6 Å². The number of rotatable bonds is 3. The van der Waals surface area contributed by atoms with Crippen LogP contribution in [0.4, 0.5) is 0 Å². The number of aromatic amines is 1. The van der Waals surface area contributed by atoms with E-state index in [9.17, 15) is 0 Å². The van der Waals surface area contributed by atoms with Gasteiger partial charge in [0.25, 0.3) is 0 Å². The highest BCUT2D eigenvalue weighted by atomic mass is 16.5. The molecule has 0 radical (unpaired) electrons. The molecule has 1 N–H and O–H groups in total. The average Bonchev–Trinajstić information content (AvgIpc) is 2.68. The van der Waals surface area contributed by atoms with Gasteiger partial charge in [-0.3, -0.25) is 0 Å². The third-order valence-corrected chi connectivity index (χ3v) is 2.47. The second-order valence-corrected chi connectivity index (χ2v) is 3.36. The molecule has 0 saturated heterocycles. The first-order chi connectivity index (χ1) is 7.35. The van der Waals surface area contributed by atoms with Gasteiger partial charge in [0.1, 0.15) is 5.75 Å². The molecule has 0 atom stereocenters. The van der Waals surface area contributed by atoms with E-state index in [1.165, 1.54) is 5.56 Å². The molecule has 0 spiro atoms. The third-order valence-electron chi connectivity index (χ3n) is 2.47. The zero-order chi connectivity index (χ0) is 10.7. The van der Waals surface area contributed by atoms with Crippen molar-refractivity contribution in [2.24, 2.45) is 0 Å². The van der Waals surface area contributed by atoms with E-state index >= 15 is 0 Å². The molecule has 1 aromatic heterocycles. The fourth-order valence-electron chi connectivity index (χ4n) is 1.67. The first kappa shape index (κ1) is 9.60. The predicted octanol–water partition coefficient (Wildman–Crippen LogP) is 2.64. The minimum atomic E-state index is 0.532. The second-order valence-electron chi connectivity index (χ2n) is 3.36. The topological polar surface area (TPSA) is 29.4 Å². The monoisotopic (exact) mass is 200 g/mol. The highest BCUT2D eigenvalue weighted by Crippen LogP contribution is 2.23. The Labute approximate surface area is 88.5 Å². The maximum atomic E-state index is 6.78. The highest BCUT2D eigenvalue weighted by Gasteiger charge is 2.05. The Hall–Kier alpha value is -1.95. The summed E-state index contributed by atoms with van der Waals surface area (Å²) in [7, 11) is 1.66. The summed E-state index contributed by atoms with van der Waals surface area (Å²) in [6, 6.07) is 5.93. The van der Waals surface area contributed by atoms with Gasteiger partial charge >= 0.3 is 0 Å². The van der Waals surface area contributed by atoms with E-state index in [0.717, 1.165) is 23.1 Å². The van der Waals surface area contributed by atoms with Crippen LogP contribution < -0.4 is 4.74 Å². The molecule has 0 aliphatic carbocycles. The van der Waals surface area contributed by atoms with E-state index in [1.807, 2.05) is 24.4 Å². The van der Waals surface area contributed by atoms with Gasteiger partial charge in [0.05, 0.1) is 7.11 Å². The van der Waals surface area contributed by atoms with E-state index in [2.05, 4.69) is 9.83 Å². The van der Waals surface area contributed by atoms with Crippen LogP contribution in [0, 0.1) is 6.57 Å². The van der Waals surface area contributed by atoms with E-state index in [-0.39, 0.29) is 0 Å². The van der Waals surface area contributed by atoms with Crippen molar-refractivity contribution in [2.75, 3.05) is 13.7 Å². The summed E-state index contributed by atoms with van der Waals surface area (Å²) in [5, 5.41) is 1.15. The summed E-state index contributed by atoms with van der Waals surface area (Å²) in [4.78, 5) is 6.55. The van der Waals surface area contributed by atoms with Gasteiger partial charge in [0.15, 0.2) is 0 Å². The lowest BCUT2D eigenvalue weighted by molar-refractivity contribution is 0.415. The normalized spacial score (nSPS) is 10.1. The molecule has 0 unspecified atom stereocenters. The Morgan fingerprint density at radius 3 is 3.07 bits per heavy atom. The van der Waals surface area contributed by atoms with E-state index < -0.39 is 0 Å². The quantitative estimate of drug-likeness (QED) is 0.758. The number of H-pyrrole nitrogens is 1. The molecule has 0 aliphatic rings. The number of nitrogens with zero attached hydrogens (tertiary/aromatic N) is 1. The molecular formula is C12H12N2O. The number of benzene rings is 1. The van der Waals surface area contributed by atoms with Crippen molar-refractivity contribution in [3.63, 3.8) is 0 Å². The van der Waals surface area contributed by atoms with Crippen molar-refractivity contribution in [1.82, 2.24) is 4.98 Å². The summed E-state index contributed by atoms with van der Waals surface area (Å²) in [5.74, 6) is 0.853. The first-order valence-electron chi connectivity index (χ1n) is 4.82. The van der Waals surface area contributed by atoms with Crippen molar-refractivity contribution in [1.29, 1.82) is 0 Å². The summed E-state index contributed by atoms with van der Waals surface area (Å²) in [5.41, 5.74) is 2.27. The Kier molecular flexibility index (Phi) is 2.59. The maximum absolute atomic E-state index is 6.78. The molecule has 0 amide bonds. The molecule has 3 nitrogen and oxygen atoms in total. The van der Waals surface area contributed by atoms with Gasteiger partial charge in [0.2, 0.25) is 6.54 Å². The van der Waals surface area contributed by atoms with Gasteiger partial charge in [0, 0.05) is 23.5 Å². The summed E-state index contributed by atoms with van der Waals surface area (Å²) >= 11 is 0. The van der Waals surface area contributed by atoms with E-state index in [4.69, 9.17) is 11.3 Å². The lowest BCUT2D eigenvalue weighted by Crippen LogP contribution is -1.86. The predicted molar refractivity (Wildman–Crippen MR) is 60.0 cm³/mol. The van der Waals surface area contributed by atoms with Crippen LogP contribution >= 0.6 is 0 Å². The Balaban J connectivity index is 2.43. The standard InChI is InChI=1S/C12H12N2O/c1-13-6-5-9-8-14-12-4-3-10(15-2)7-11(9)12/h3-4,7-8,14H,5-6H2,2H3. The van der Waals surface area contributed by atoms with Crippen molar-refractivity contribution in [3.8, 4) is 5.75 Å². The van der Waals surface area contributed by atoms with Crippen LogP contribution in [0.25, 0.3) is 15.7 Å². The number of aromatic nitrogens is 1. The molecule has 0 aliphatic heterocycles. The van der Waals surface area contributed by atoms with Crippen LogP contribution in [0.3, 0.4) is 0 Å². The van der Waals surface area contributed by atoms with Crippen LogP contribution in [0.1, 0.15) is 5.56 Å². The molecule has 76 valence electrons. The summed E-state index contributed by atoms with van der Waals surface area (Å²) in [6.45, 7) is 7.31. The summed E-state index contributed by atoms with van der Waals surface area (Å²) < 4.78 is 5.18. The molecule has 3 heteroatoms. The minimum Gasteiger partial charge on any atom is -0.497 e. The number of hydrogen-bond donors (Lipinski definition) is 1. The molecule has 0 saturated carbocycles. The van der Waals surface area contributed by atoms with Crippen molar-refractivity contribution in [2.45, 2.75) is 6.42 Å². The van der Waals surface area contributed by atoms with Gasteiger partial charge in [-0.1, -0.05) is 0 Å². The lowest BCUT2D eigenvalue weighted by Gasteiger charge is -1.99. The molecule has 2 aromatic rings. The molecule has 1 aromatic carbocycles. The van der Waals surface area contributed by atoms with Gasteiger partial charge in [-0.15, -0.1) is 0 Å².